The number of allylic oxidation sites excluding steroid dienone is 1. The molecule has 0 unspecified atom stereocenters. The summed E-state index contributed by atoms with van der Waals surface area (Å²) in [7, 11) is 0. The standard InChI is InChI=1S/C14H13N.C2H6/c1-12(13-7-3-2-4-8-13)11-14-9-5-6-10-15-14;1-2/h2-11H,1H3;1-2H3/b12-11-;. The molecule has 0 radical (unpaired) electrons. The lowest BCUT2D eigenvalue weighted by Crippen LogP contribution is -1.81. The summed E-state index contributed by atoms with van der Waals surface area (Å²) in [4.78, 5) is 4.27. The number of hydrogen-bond acceptors (Lipinski definition) is 1. The summed E-state index contributed by atoms with van der Waals surface area (Å²) in [5, 5.41) is 0. The van der Waals surface area contributed by atoms with Gasteiger partial charge in [-0.3, -0.25) is 4.98 Å². The van der Waals surface area contributed by atoms with E-state index in [0.717, 1.165) is 5.69 Å². The smallest absolute Gasteiger partial charge is 0.0632 e. The van der Waals surface area contributed by atoms with Gasteiger partial charge in [-0.15, -0.1) is 0 Å². The van der Waals surface area contributed by atoms with E-state index in [1.807, 2.05) is 56.4 Å². The molecule has 0 saturated heterocycles. The molecule has 0 aliphatic carbocycles. The van der Waals surface area contributed by atoms with Gasteiger partial charge in [0.05, 0.1) is 5.69 Å². The van der Waals surface area contributed by atoms with Gasteiger partial charge in [-0.25, -0.2) is 0 Å². The predicted molar refractivity (Wildman–Crippen MR) is 75.6 cm³/mol. The van der Waals surface area contributed by atoms with E-state index in [9.17, 15) is 0 Å². The van der Waals surface area contributed by atoms with Gasteiger partial charge in [0, 0.05) is 6.20 Å². The Hall–Kier alpha value is -1.89. The SMILES string of the molecule is C/C(=C/c1ccccn1)c1ccccc1.CC. The Kier molecular flexibility index (Phi) is 5.73. The maximum absolute atomic E-state index is 4.27. The van der Waals surface area contributed by atoms with E-state index < -0.39 is 0 Å². The van der Waals surface area contributed by atoms with Gasteiger partial charge in [-0.2, -0.15) is 0 Å². The van der Waals surface area contributed by atoms with Crippen molar-refractivity contribution in [3.05, 3.63) is 66.0 Å². The van der Waals surface area contributed by atoms with Crippen molar-refractivity contribution in [2.24, 2.45) is 0 Å². The third kappa shape index (κ3) is 4.23. The van der Waals surface area contributed by atoms with E-state index >= 15 is 0 Å². The molecule has 0 aliphatic rings. The molecule has 0 aliphatic heterocycles. The van der Waals surface area contributed by atoms with Crippen LogP contribution in [0.25, 0.3) is 11.6 Å². The lowest BCUT2D eigenvalue weighted by atomic mass is 10.1. The molecule has 0 spiro atoms. The summed E-state index contributed by atoms with van der Waals surface area (Å²) < 4.78 is 0. The maximum Gasteiger partial charge on any atom is 0.0632 e. The highest BCUT2D eigenvalue weighted by molar-refractivity contribution is 5.78. The highest BCUT2D eigenvalue weighted by atomic mass is 14.6. The molecular weight excluding hydrogens is 206 g/mol. The summed E-state index contributed by atoms with van der Waals surface area (Å²) in [5.41, 5.74) is 3.47. The largest absolute Gasteiger partial charge is 0.257 e. The van der Waals surface area contributed by atoms with Gasteiger partial charge in [0.2, 0.25) is 0 Å². The van der Waals surface area contributed by atoms with Gasteiger partial charge in [0.25, 0.3) is 0 Å². The molecule has 1 heterocycles. The third-order valence-corrected chi connectivity index (χ3v) is 2.28. The second kappa shape index (κ2) is 7.39. The Balaban J connectivity index is 0.000000686. The zero-order valence-electron chi connectivity index (χ0n) is 10.7. The number of hydrogen-bond donors (Lipinski definition) is 0. The van der Waals surface area contributed by atoms with Crippen molar-refractivity contribution in [3.63, 3.8) is 0 Å². The molecule has 1 heteroatoms. The second-order valence-electron chi connectivity index (χ2n) is 3.45. The maximum atomic E-state index is 4.27. The number of aromatic nitrogens is 1. The van der Waals surface area contributed by atoms with Crippen LogP contribution in [-0.4, -0.2) is 4.98 Å². The zero-order chi connectivity index (χ0) is 12.5. The summed E-state index contributed by atoms with van der Waals surface area (Å²) in [5.74, 6) is 0. The lowest BCUT2D eigenvalue weighted by molar-refractivity contribution is 1.29. The van der Waals surface area contributed by atoms with Gasteiger partial charge in [-0.05, 0) is 36.3 Å². The average Bonchev–Trinajstić information content (AvgIpc) is 2.43. The van der Waals surface area contributed by atoms with Crippen LogP contribution in [0.5, 0.6) is 0 Å². The van der Waals surface area contributed by atoms with Crippen molar-refractivity contribution in [2.45, 2.75) is 20.8 Å². The predicted octanol–water partition coefficient (Wildman–Crippen LogP) is 4.67. The second-order valence-corrected chi connectivity index (χ2v) is 3.45. The molecule has 1 nitrogen and oxygen atoms in total. The molecule has 0 amide bonds. The van der Waals surface area contributed by atoms with Gasteiger partial charge in [0.1, 0.15) is 0 Å². The Morgan fingerprint density at radius 1 is 0.941 bits per heavy atom. The quantitative estimate of drug-likeness (QED) is 0.723. The van der Waals surface area contributed by atoms with Crippen LogP contribution in [0.4, 0.5) is 0 Å². The van der Waals surface area contributed by atoms with E-state index in [4.69, 9.17) is 0 Å². The van der Waals surface area contributed by atoms with Gasteiger partial charge in [-0.1, -0.05) is 50.2 Å². The summed E-state index contributed by atoms with van der Waals surface area (Å²) in [6, 6.07) is 16.3. The zero-order valence-corrected chi connectivity index (χ0v) is 10.7. The molecule has 0 bridgehead atoms. The van der Waals surface area contributed by atoms with E-state index in [-0.39, 0.29) is 0 Å². The van der Waals surface area contributed by atoms with Crippen LogP contribution in [0.15, 0.2) is 54.7 Å². The lowest BCUT2D eigenvalue weighted by Gasteiger charge is -2.00. The van der Waals surface area contributed by atoms with Crippen LogP contribution < -0.4 is 0 Å². The van der Waals surface area contributed by atoms with Crippen molar-refractivity contribution >= 4 is 11.6 Å². The highest BCUT2D eigenvalue weighted by Crippen LogP contribution is 2.15. The first kappa shape index (κ1) is 13.2. The molecular formula is C16H19N. The van der Waals surface area contributed by atoms with E-state index in [1.54, 1.807) is 0 Å². The monoisotopic (exact) mass is 225 g/mol. The van der Waals surface area contributed by atoms with Gasteiger partial charge < -0.3 is 0 Å². The molecule has 17 heavy (non-hydrogen) atoms. The molecule has 88 valence electrons. The normalized spacial score (nSPS) is 10.4. The number of nitrogens with zero attached hydrogens (tertiary/aromatic N) is 1. The molecule has 2 rings (SSSR count). The first-order valence-electron chi connectivity index (χ1n) is 6.01. The summed E-state index contributed by atoms with van der Waals surface area (Å²) in [6.45, 7) is 6.10. The molecule has 1 aromatic heterocycles. The number of rotatable bonds is 2. The summed E-state index contributed by atoms with van der Waals surface area (Å²) in [6.07, 6.45) is 3.90. The first-order valence-corrected chi connectivity index (χ1v) is 6.01. The number of benzene rings is 1. The topological polar surface area (TPSA) is 12.9 Å². The van der Waals surface area contributed by atoms with E-state index in [1.165, 1.54) is 11.1 Å². The van der Waals surface area contributed by atoms with Gasteiger partial charge >= 0.3 is 0 Å². The minimum absolute atomic E-state index is 0.999. The fourth-order valence-electron chi connectivity index (χ4n) is 1.47. The average molecular weight is 225 g/mol. The Morgan fingerprint density at radius 2 is 1.59 bits per heavy atom. The van der Waals surface area contributed by atoms with Crippen molar-refractivity contribution in [1.29, 1.82) is 0 Å². The van der Waals surface area contributed by atoms with Crippen molar-refractivity contribution in [3.8, 4) is 0 Å². The molecule has 1 aromatic carbocycles. The van der Waals surface area contributed by atoms with Gasteiger partial charge in [0.15, 0.2) is 0 Å². The number of pyridine rings is 1. The Bertz CT molecular complexity index is 443. The fraction of sp³-hybridized carbons (Fsp3) is 0.188. The molecule has 0 saturated carbocycles. The van der Waals surface area contributed by atoms with Crippen LogP contribution in [0.3, 0.4) is 0 Å². The van der Waals surface area contributed by atoms with Crippen molar-refractivity contribution in [1.82, 2.24) is 4.98 Å². The van der Waals surface area contributed by atoms with Crippen LogP contribution >= 0.6 is 0 Å². The third-order valence-electron chi connectivity index (χ3n) is 2.28. The minimum atomic E-state index is 0.999. The first-order chi connectivity index (χ1) is 8.36. The Labute approximate surface area is 104 Å². The highest BCUT2D eigenvalue weighted by Gasteiger charge is 1.94. The van der Waals surface area contributed by atoms with E-state index in [0.29, 0.717) is 0 Å². The van der Waals surface area contributed by atoms with Crippen LogP contribution in [-0.2, 0) is 0 Å². The van der Waals surface area contributed by atoms with Crippen molar-refractivity contribution < 1.29 is 0 Å². The minimum Gasteiger partial charge on any atom is -0.257 e. The summed E-state index contributed by atoms with van der Waals surface area (Å²) >= 11 is 0. The molecule has 0 N–H and O–H groups in total. The molecule has 2 aromatic rings. The van der Waals surface area contributed by atoms with E-state index in [2.05, 4.69) is 30.1 Å². The van der Waals surface area contributed by atoms with Crippen molar-refractivity contribution in [2.75, 3.05) is 0 Å². The fourth-order valence-corrected chi connectivity index (χ4v) is 1.47. The van der Waals surface area contributed by atoms with Crippen LogP contribution in [0, 0.1) is 0 Å². The molecule has 0 atom stereocenters. The van der Waals surface area contributed by atoms with Crippen LogP contribution in [0.2, 0.25) is 0 Å². The van der Waals surface area contributed by atoms with Crippen LogP contribution in [0.1, 0.15) is 32.0 Å². The molecule has 0 fully saturated rings. The Morgan fingerprint density at radius 3 is 2.18 bits per heavy atom.